The monoisotopic (exact) mass is 516 g/mol. The lowest BCUT2D eigenvalue weighted by atomic mass is 10.1. The molecule has 0 radical (unpaired) electrons. The first-order chi connectivity index (χ1) is 17.0. The van der Waals surface area contributed by atoms with Crippen LogP contribution in [0.2, 0.25) is 0 Å². The molecule has 1 atom stereocenters. The first-order valence-corrected chi connectivity index (χ1v) is 13.4. The molecule has 12 heteroatoms. The molecule has 1 unspecified atom stereocenters. The van der Waals surface area contributed by atoms with Crippen LogP contribution in [0, 0.1) is 10.1 Å². The van der Waals surface area contributed by atoms with Crippen molar-refractivity contribution in [3.05, 3.63) is 63.3 Å². The van der Waals surface area contributed by atoms with Crippen molar-refractivity contribution in [2.75, 3.05) is 52.5 Å². The van der Waals surface area contributed by atoms with Gasteiger partial charge in [-0.15, -0.1) is 11.3 Å². The van der Waals surface area contributed by atoms with E-state index in [0.717, 1.165) is 60.2 Å². The van der Waals surface area contributed by atoms with Gasteiger partial charge in [-0.1, -0.05) is 5.16 Å². The van der Waals surface area contributed by atoms with E-state index in [1.165, 1.54) is 23.5 Å². The first kappa shape index (κ1) is 23.8. The van der Waals surface area contributed by atoms with Crippen LogP contribution >= 0.6 is 11.3 Å². The molecule has 2 aliphatic heterocycles. The van der Waals surface area contributed by atoms with E-state index >= 15 is 0 Å². The molecule has 0 aliphatic carbocycles. The summed E-state index contributed by atoms with van der Waals surface area (Å²) in [4.78, 5) is 19.3. The number of nitro groups is 1. The van der Waals surface area contributed by atoms with Crippen molar-refractivity contribution >= 4 is 33.5 Å². The molecule has 4 heterocycles. The Bertz CT molecular complexity index is 1280. The van der Waals surface area contributed by atoms with E-state index in [2.05, 4.69) is 10.1 Å². The number of oxime groups is 1. The number of hydrogen-bond donors (Lipinski definition) is 0. The average Bonchev–Trinajstić information content (AvgIpc) is 3.55. The predicted molar refractivity (Wildman–Crippen MR) is 133 cm³/mol. The Morgan fingerprint density at radius 2 is 2.00 bits per heavy atom. The van der Waals surface area contributed by atoms with Gasteiger partial charge in [-0.25, -0.2) is 0 Å². The van der Waals surface area contributed by atoms with Crippen LogP contribution in [-0.2, 0) is 25.1 Å². The summed E-state index contributed by atoms with van der Waals surface area (Å²) >= 11 is 1.39. The molecule has 0 spiro atoms. The quantitative estimate of drug-likeness (QED) is 0.145. The summed E-state index contributed by atoms with van der Waals surface area (Å²) in [5, 5.41) is 15.5. The lowest BCUT2D eigenvalue weighted by molar-refractivity contribution is -0.384. The van der Waals surface area contributed by atoms with Crippen molar-refractivity contribution in [2.45, 2.75) is 4.21 Å². The third-order valence-electron chi connectivity index (χ3n) is 5.87. The standard InChI is InChI=1S/C23H24N4O6S2/c1-35(30)23-19(16-4-6-17(7-5-16)27(28)29)21-22(34-23)20(18-3-2-8-26(18)21)24-33-15-32-14-11-25-9-12-31-13-10-25/h2-8H,9-15H2,1H3/b24-20+. The maximum atomic E-state index is 12.6. The molecular weight excluding hydrogens is 492 g/mol. The minimum atomic E-state index is -1.27. The smallest absolute Gasteiger partial charge is 0.269 e. The first-order valence-electron chi connectivity index (χ1n) is 11.1. The molecule has 0 N–H and O–H groups in total. The molecule has 35 heavy (non-hydrogen) atoms. The number of ether oxygens (including phenoxy) is 2. The van der Waals surface area contributed by atoms with Gasteiger partial charge in [0.2, 0.25) is 6.79 Å². The minimum Gasteiger partial charge on any atom is -0.379 e. The van der Waals surface area contributed by atoms with E-state index in [4.69, 9.17) is 14.3 Å². The second-order valence-corrected chi connectivity index (χ2v) is 10.6. The Morgan fingerprint density at radius 1 is 1.23 bits per heavy atom. The fraction of sp³-hybridized carbons (Fsp3) is 0.348. The van der Waals surface area contributed by atoms with Crippen molar-refractivity contribution < 1.29 is 23.4 Å². The number of fused-ring (bicyclic) bond motifs is 3. The van der Waals surface area contributed by atoms with Crippen molar-refractivity contribution in [1.82, 2.24) is 9.47 Å². The zero-order valence-electron chi connectivity index (χ0n) is 19.0. The second-order valence-electron chi connectivity index (χ2n) is 8.01. The number of morpholine rings is 1. The van der Waals surface area contributed by atoms with E-state index < -0.39 is 15.7 Å². The Kier molecular flexibility index (Phi) is 7.07. The summed E-state index contributed by atoms with van der Waals surface area (Å²) in [6.45, 7) is 4.68. The van der Waals surface area contributed by atoms with Gasteiger partial charge in [-0.3, -0.25) is 19.2 Å². The van der Waals surface area contributed by atoms with E-state index in [1.54, 1.807) is 18.4 Å². The van der Waals surface area contributed by atoms with Gasteiger partial charge >= 0.3 is 0 Å². The van der Waals surface area contributed by atoms with Crippen LogP contribution in [0.15, 0.2) is 52.0 Å². The normalized spacial score (nSPS) is 17.3. The third kappa shape index (κ3) is 4.80. The van der Waals surface area contributed by atoms with Gasteiger partial charge in [0.1, 0.15) is 9.92 Å². The van der Waals surface area contributed by atoms with E-state index in [0.29, 0.717) is 16.5 Å². The number of nitro benzene ring substituents is 1. The summed E-state index contributed by atoms with van der Waals surface area (Å²) in [5.41, 5.74) is 3.90. The molecule has 0 saturated carbocycles. The molecule has 1 fully saturated rings. The maximum Gasteiger partial charge on any atom is 0.269 e. The summed E-state index contributed by atoms with van der Waals surface area (Å²) < 4.78 is 26.3. The number of aromatic nitrogens is 1. The van der Waals surface area contributed by atoms with Crippen LogP contribution in [0.5, 0.6) is 0 Å². The molecule has 10 nitrogen and oxygen atoms in total. The van der Waals surface area contributed by atoms with Gasteiger partial charge in [-0.2, -0.15) is 0 Å². The highest BCUT2D eigenvalue weighted by molar-refractivity contribution is 7.86. The van der Waals surface area contributed by atoms with Crippen molar-refractivity contribution in [3.63, 3.8) is 0 Å². The topological polar surface area (TPSA) is 108 Å². The number of thiophene rings is 1. The maximum absolute atomic E-state index is 12.6. The van der Waals surface area contributed by atoms with Gasteiger partial charge in [0.25, 0.3) is 5.69 Å². The van der Waals surface area contributed by atoms with Crippen LogP contribution in [0.4, 0.5) is 5.69 Å². The Morgan fingerprint density at radius 3 is 2.71 bits per heavy atom. The number of hydrogen-bond acceptors (Lipinski definition) is 9. The number of non-ortho nitro benzene ring substituents is 1. The SMILES string of the molecule is CS(=O)c1sc2c(c1-c1ccc([N+](=O)[O-])cc1)-n1cccc1/C2=N\OCOCCN1CCOCC1. The van der Waals surface area contributed by atoms with Crippen molar-refractivity contribution in [1.29, 1.82) is 0 Å². The lowest BCUT2D eigenvalue weighted by Gasteiger charge is -2.26. The summed E-state index contributed by atoms with van der Waals surface area (Å²) in [7, 11) is -1.27. The predicted octanol–water partition coefficient (Wildman–Crippen LogP) is 3.24. The van der Waals surface area contributed by atoms with E-state index in [-0.39, 0.29) is 12.5 Å². The zero-order valence-corrected chi connectivity index (χ0v) is 20.7. The number of benzene rings is 1. The second kappa shape index (κ2) is 10.4. The van der Waals surface area contributed by atoms with Crippen molar-refractivity contribution in [2.24, 2.45) is 5.16 Å². The molecule has 1 aromatic carbocycles. The molecule has 1 saturated heterocycles. The fourth-order valence-corrected chi connectivity index (χ4v) is 6.44. The van der Waals surface area contributed by atoms with Crippen LogP contribution in [-0.4, -0.2) is 76.8 Å². The number of nitrogens with zero attached hydrogens (tertiary/aromatic N) is 4. The highest BCUT2D eigenvalue weighted by atomic mass is 32.2. The van der Waals surface area contributed by atoms with Gasteiger partial charge in [-0.05, 0) is 29.8 Å². The van der Waals surface area contributed by atoms with Crippen LogP contribution < -0.4 is 0 Å². The molecule has 3 aromatic rings. The molecule has 184 valence electrons. The fourth-order valence-electron chi connectivity index (χ4n) is 4.18. The molecule has 0 amide bonds. The summed E-state index contributed by atoms with van der Waals surface area (Å²) in [6.07, 6.45) is 3.54. The molecule has 2 aromatic heterocycles. The Labute approximate surface area is 208 Å². The summed E-state index contributed by atoms with van der Waals surface area (Å²) in [6, 6.07) is 10.1. The van der Waals surface area contributed by atoms with Gasteiger partial charge in [0.05, 0.1) is 51.8 Å². The molecular formula is C23H24N4O6S2. The third-order valence-corrected chi connectivity index (χ3v) is 8.53. The summed E-state index contributed by atoms with van der Waals surface area (Å²) in [5.74, 6) is 0. The van der Waals surface area contributed by atoms with Crippen LogP contribution in [0.3, 0.4) is 0 Å². The van der Waals surface area contributed by atoms with Crippen molar-refractivity contribution in [3.8, 4) is 16.8 Å². The van der Waals surface area contributed by atoms with E-state index in [1.807, 2.05) is 22.9 Å². The molecule has 5 rings (SSSR count). The molecule has 2 aliphatic rings. The highest BCUT2D eigenvalue weighted by Gasteiger charge is 2.34. The van der Waals surface area contributed by atoms with Gasteiger partial charge in [0.15, 0.2) is 0 Å². The minimum absolute atomic E-state index is 0.00530. The largest absolute Gasteiger partial charge is 0.379 e. The molecule has 0 bridgehead atoms. The average molecular weight is 517 g/mol. The van der Waals surface area contributed by atoms with Gasteiger partial charge < -0.3 is 18.9 Å². The lowest BCUT2D eigenvalue weighted by Crippen LogP contribution is -2.38. The van der Waals surface area contributed by atoms with E-state index in [9.17, 15) is 14.3 Å². The Balaban J connectivity index is 1.38. The van der Waals surface area contributed by atoms with Crippen LogP contribution in [0.1, 0.15) is 10.6 Å². The zero-order chi connectivity index (χ0) is 24.4. The van der Waals surface area contributed by atoms with Crippen LogP contribution in [0.25, 0.3) is 16.8 Å². The number of rotatable bonds is 9. The van der Waals surface area contributed by atoms with Gasteiger partial charge in [0, 0.05) is 49.8 Å². The highest BCUT2D eigenvalue weighted by Crippen LogP contribution is 2.46. The Hall–Kier alpha value is -2.90.